The van der Waals surface area contributed by atoms with Gasteiger partial charge in [-0.1, -0.05) is 26.0 Å². The molecule has 2 unspecified atom stereocenters. The molecule has 30 heavy (non-hydrogen) atoms. The summed E-state index contributed by atoms with van der Waals surface area (Å²) in [4.78, 5) is 46.0. The number of carbonyl (C=O) groups is 3. The van der Waals surface area contributed by atoms with Gasteiger partial charge in [-0.2, -0.15) is 0 Å². The van der Waals surface area contributed by atoms with Crippen molar-refractivity contribution in [1.82, 2.24) is 9.88 Å². The normalized spacial score (nSPS) is 21.5. The van der Waals surface area contributed by atoms with Crippen molar-refractivity contribution < 1.29 is 14.4 Å². The molecule has 8 heteroatoms. The number of nitrogens with one attached hydrogen (secondary N) is 1. The highest BCUT2D eigenvalue weighted by Crippen LogP contribution is 2.30. The van der Waals surface area contributed by atoms with E-state index >= 15 is 0 Å². The van der Waals surface area contributed by atoms with Crippen LogP contribution in [0, 0.1) is 5.92 Å². The minimum atomic E-state index is -0.505. The van der Waals surface area contributed by atoms with Crippen LogP contribution in [0.2, 0.25) is 0 Å². The standard InChI is InChI=1S/C22H26N4O3S/c1-14(2)15-5-3-6-17(11-15)26-13-16(12-19(26)27)21(29)25-9-4-7-18(25)20(28)24-22-23-8-10-30-22/h3,5-6,8,10-11,14,16,18H,4,7,9,12-13H2,1-2H3,(H,23,24,28). The van der Waals surface area contributed by atoms with E-state index in [2.05, 4.69) is 24.1 Å². The number of aromatic nitrogens is 1. The van der Waals surface area contributed by atoms with Gasteiger partial charge in [0.05, 0.1) is 5.92 Å². The molecule has 1 N–H and O–H groups in total. The number of likely N-dealkylation sites (tertiary alicyclic amines) is 1. The number of hydrogen-bond donors (Lipinski definition) is 1. The molecule has 1 aromatic carbocycles. The van der Waals surface area contributed by atoms with Crippen LogP contribution in [-0.2, 0) is 14.4 Å². The number of nitrogens with zero attached hydrogens (tertiary/aromatic N) is 3. The van der Waals surface area contributed by atoms with Gasteiger partial charge in [-0.05, 0) is 36.5 Å². The van der Waals surface area contributed by atoms with Gasteiger partial charge in [0.25, 0.3) is 0 Å². The fourth-order valence-corrected chi connectivity index (χ4v) is 4.72. The Balaban J connectivity index is 1.45. The fourth-order valence-electron chi connectivity index (χ4n) is 4.19. The van der Waals surface area contributed by atoms with Crippen LogP contribution in [0.4, 0.5) is 10.8 Å². The third-order valence-corrected chi connectivity index (χ3v) is 6.51. The highest BCUT2D eigenvalue weighted by Gasteiger charge is 2.42. The molecule has 2 aliphatic rings. The molecule has 2 atom stereocenters. The number of anilines is 2. The molecule has 0 saturated carbocycles. The van der Waals surface area contributed by atoms with Gasteiger partial charge in [0.15, 0.2) is 5.13 Å². The lowest BCUT2D eigenvalue weighted by molar-refractivity contribution is -0.140. The number of benzene rings is 1. The summed E-state index contributed by atoms with van der Waals surface area (Å²) in [5.74, 6) is -0.420. The van der Waals surface area contributed by atoms with Gasteiger partial charge in [-0.15, -0.1) is 11.3 Å². The van der Waals surface area contributed by atoms with E-state index in [0.717, 1.165) is 17.7 Å². The quantitative estimate of drug-likeness (QED) is 0.796. The first-order valence-electron chi connectivity index (χ1n) is 10.3. The van der Waals surface area contributed by atoms with Gasteiger partial charge >= 0.3 is 0 Å². The first-order valence-corrected chi connectivity index (χ1v) is 11.2. The Bertz CT molecular complexity index is 944. The first-order chi connectivity index (χ1) is 14.4. The molecular weight excluding hydrogens is 400 g/mol. The average molecular weight is 427 g/mol. The lowest BCUT2D eigenvalue weighted by Crippen LogP contribution is -2.46. The van der Waals surface area contributed by atoms with E-state index in [9.17, 15) is 14.4 Å². The maximum Gasteiger partial charge on any atom is 0.248 e. The van der Waals surface area contributed by atoms with Crippen molar-refractivity contribution >= 4 is 39.9 Å². The van der Waals surface area contributed by atoms with Gasteiger partial charge in [-0.25, -0.2) is 4.98 Å². The smallest absolute Gasteiger partial charge is 0.248 e. The van der Waals surface area contributed by atoms with Gasteiger partial charge in [-0.3, -0.25) is 14.4 Å². The van der Waals surface area contributed by atoms with Crippen LogP contribution < -0.4 is 10.2 Å². The van der Waals surface area contributed by atoms with E-state index in [1.807, 2.05) is 24.3 Å². The van der Waals surface area contributed by atoms with Crippen LogP contribution in [0.5, 0.6) is 0 Å². The highest BCUT2D eigenvalue weighted by molar-refractivity contribution is 7.13. The Kier molecular flexibility index (Phi) is 5.85. The maximum atomic E-state index is 13.2. The van der Waals surface area contributed by atoms with E-state index in [1.165, 1.54) is 11.3 Å². The molecule has 2 saturated heterocycles. The molecule has 3 heterocycles. The fraction of sp³-hybridized carbons (Fsp3) is 0.455. The molecule has 0 radical (unpaired) electrons. The molecule has 2 aromatic rings. The largest absolute Gasteiger partial charge is 0.330 e. The predicted octanol–water partition coefficient (Wildman–Crippen LogP) is 3.25. The summed E-state index contributed by atoms with van der Waals surface area (Å²) >= 11 is 1.35. The molecule has 7 nitrogen and oxygen atoms in total. The molecule has 0 bridgehead atoms. The molecule has 4 rings (SSSR count). The van der Waals surface area contributed by atoms with Crippen molar-refractivity contribution in [3.8, 4) is 0 Å². The van der Waals surface area contributed by atoms with Crippen LogP contribution in [0.15, 0.2) is 35.8 Å². The summed E-state index contributed by atoms with van der Waals surface area (Å²) in [6.45, 7) is 5.13. The molecular formula is C22H26N4O3S. The van der Waals surface area contributed by atoms with Crippen molar-refractivity contribution in [3.05, 3.63) is 41.4 Å². The van der Waals surface area contributed by atoms with Crippen molar-refractivity contribution in [2.45, 2.75) is 45.1 Å². The Hall–Kier alpha value is -2.74. The van der Waals surface area contributed by atoms with Gasteiger partial charge in [0.1, 0.15) is 6.04 Å². The Morgan fingerprint density at radius 1 is 1.30 bits per heavy atom. The van der Waals surface area contributed by atoms with Crippen molar-refractivity contribution in [3.63, 3.8) is 0 Å². The van der Waals surface area contributed by atoms with Crippen LogP contribution in [0.3, 0.4) is 0 Å². The van der Waals surface area contributed by atoms with Crippen LogP contribution >= 0.6 is 11.3 Å². The van der Waals surface area contributed by atoms with Gasteiger partial charge < -0.3 is 15.1 Å². The SMILES string of the molecule is CC(C)c1cccc(N2CC(C(=O)N3CCCC3C(=O)Nc3nccs3)CC2=O)c1. The summed E-state index contributed by atoms with van der Waals surface area (Å²) in [7, 11) is 0. The molecule has 0 aliphatic carbocycles. The molecule has 158 valence electrons. The van der Waals surface area contributed by atoms with E-state index in [0.29, 0.717) is 30.6 Å². The lowest BCUT2D eigenvalue weighted by atomic mass is 10.0. The molecule has 1 aromatic heterocycles. The summed E-state index contributed by atoms with van der Waals surface area (Å²) < 4.78 is 0. The maximum absolute atomic E-state index is 13.2. The van der Waals surface area contributed by atoms with Crippen molar-refractivity contribution in [2.24, 2.45) is 5.92 Å². The summed E-state index contributed by atoms with van der Waals surface area (Å²) in [6, 6.07) is 7.43. The van der Waals surface area contributed by atoms with Crippen LogP contribution in [-0.4, -0.2) is 46.7 Å². The van der Waals surface area contributed by atoms with E-state index in [-0.39, 0.29) is 24.1 Å². The van der Waals surface area contributed by atoms with E-state index in [4.69, 9.17) is 0 Å². The third-order valence-electron chi connectivity index (χ3n) is 5.82. The number of rotatable bonds is 5. The zero-order chi connectivity index (χ0) is 21.3. The van der Waals surface area contributed by atoms with Crippen molar-refractivity contribution in [2.75, 3.05) is 23.3 Å². The minimum Gasteiger partial charge on any atom is -0.330 e. The number of amides is 3. The zero-order valence-electron chi connectivity index (χ0n) is 17.2. The number of hydrogen-bond acceptors (Lipinski definition) is 5. The Morgan fingerprint density at radius 2 is 2.13 bits per heavy atom. The number of carbonyl (C=O) groups excluding carboxylic acids is 3. The summed E-state index contributed by atoms with van der Waals surface area (Å²) in [6.07, 6.45) is 3.22. The average Bonchev–Trinajstić information content (AvgIpc) is 3.48. The molecule has 3 amide bonds. The second kappa shape index (κ2) is 8.55. The van der Waals surface area contributed by atoms with Crippen molar-refractivity contribution in [1.29, 1.82) is 0 Å². The zero-order valence-corrected chi connectivity index (χ0v) is 18.0. The van der Waals surface area contributed by atoms with Crippen LogP contribution in [0.25, 0.3) is 0 Å². The second-order valence-electron chi connectivity index (χ2n) is 8.17. The molecule has 2 fully saturated rings. The Morgan fingerprint density at radius 3 is 2.87 bits per heavy atom. The highest BCUT2D eigenvalue weighted by atomic mass is 32.1. The second-order valence-corrected chi connectivity index (χ2v) is 9.07. The Labute approximate surface area is 180 Å². The third kappa shape index (κ3) is 4.09. The number of thiazole rings is 1. The van der Waals surface area contributed by atoms with Gasteiger partial charge in [0.2, 0.25) is 17.7 Å². The monoisotopic (exact) mass is 426 g/mol. The van der Waals surface area contributed by atoms with E-state index in [1.54, 1.807) is 21.4 Å². The predicted molar refractivity (Wildman–Crippen MR) is 116 cm³/mol. The topological polar surface area (TPSA) is 82.6 Å². The summed E-state index contributed by atoms with van der Waals surface area (Å²) in [5.41, 5.74) is 1.99. The van der Waals surface area contributed by atoms with E-state index < -0.39 is 12.0 Å². The molecule has 0 spiro atoms. The van der Waals surface area contributed by atoms with Gasteiger partial charge in [0, 0.05) is 36.8 Å². The summed E-state index contributed by atoms with van der Waals surface area (Å²) in [5, 5.41) is 5.12. The molecule has 2 aliphatic heterocycles. The van der Waals surface area contributed by atoms with Crippen LogP contribution in [0.1, 0.15) is 44.6 Å². The lowest BCUT2D eigenvalue weighted by Gasteiger charge is -2.26. The first kappa shape index (κ1) is 20.5. The minimum absolute atomic E-state index is 0.0442.